The summed E-state index contributed by atoms with van der Waals surface area (Å²) in [5, 5.41) is 3.11. The normalized spacial score (nSPS) is 16.7. The van der Waals surface area contributed by atoms with Gasteiger partial charge in [-0.1, -0.05) is 6.92 Å². The van der Waals surface area contributed by atoms with Crippen LogP contribution in [0.4, 0.5) is 5.00 Å². The van der Waals surface area contributed by atoms with Crippen molar-refractivity contribution in [3.63, 3.8) is 0 Å². The Labute approximate surface area is 186 Å². The molecule has 0 aromatic carbocycles. The fourth-order valence-corrected chi connectivity index (χ4v) is 5.00. The molecule has 1 N–H and O–H groups in total. The Balaban J connectivity index is 1.50. The average Bonchev–Trinajstić information content (AvgIpc) is 3.55. The molecule has 1 saturated carbocycles. The predicted molar refractivity (Wildman–Crippen MR) is 116 cm³/mol. The maximum absolute atomic E-state index is 12.4. The Morgan fingerprint density at radius 3 is 2.29 bits per heavy atom. The molecule has 1 saturated heterocycles. The van der Waals surface area contributed by atoms with Gasteiger partial charge in [0, 0.05) is 23.9 Å². The van der Waals surface area contributed by atoms with E-state index >= 15 is 0 Å². The number of carbonyl (C=O) groups is 4. The van der Waals surface area contributed by atoms with Crippen LogP contribution in [0.2, 0.25) is 0 Å². The fraction of sp³-hybridized carbons (Fsp3) is 0.636. The molecule has 31 heavy (non-hydrogen) atoms. The molecular weight excluding hydrogens is 420 g/mol. The third-order valence-corrected chi connectivity index (χ3v) is 6.77. The van der Waals surface area contributed by atoms with Crippen LogP contribution in [0.25, 0.3) is 0 Å². The molecular formula is C22H30N2O6S. The minimum Gasteiger partial charge on any atom is -0.462 e. The maximum atomic E-state index is 12.4. The van der Waals surface area contributed by atoms with E-state index in [0.29, 0.717) is 42.9 Å². The zero-order valence-corrected chi connectivity index (χ0v) is 19.1. The number of thiophene rings is 1. The number of ether oxygens (including phenoxy) is 2. The van der Waals surface area contributed by atoms with Gasteiger partial charge in [-0.15, -0.1) is 11.3 Å². The lowest BCUT2D eigenvalue weighted by Crippen LogP contribution is -2.41. The molecule has 0 radical (unpaired) electrons. The fourth-order valence-electron chi connectivity index (χ4n) is 3.85. The second-order valence-corrected chi connectivity index (χ2v) is 9.17. The summed E-state index contributed by atoms with van der Waals surface area (Å²) in [6.07, 6.45) is 3.68. The molecule has 2 aliphatic rings. The van der Waals surface area contributed by atoms with Crippen molar-refractivity contribution in [1.29, 1.82) is 0 Å². The molecule has 170 valence electrons. The van der Waals surface area contributed by atoms with E-state index in [0.717, 1.165) is 23.3 Å². The molecule has 0 atom stereocenters. The Morgan fingerprint density at radius 1 is 1.03 bits per heavy atom. The summed E-state index contributed by atoms with van der Waals surface area (Å²) in [6.45, 7) is 6.49. The molecule has 1 aromatic heterocycles. The number of nitrogens with zero attached hydrogens (tertiary/aromatic N) is 1. The van der Waals surface area contributed by atoms with E-state index in [2.05, 4.69) is 5.32 Å². The second kappa shape index (κ2) is 10.3. The van der Waals surface area contributed by atoms with E-state index < -0.39 is 24.5 Å². The molecule has 8 nitrogen and oxygen atoms in total. The van der Waals surface area contributed by atoms with Gasteiger partial charge in [-0.2, -0.15) is 0 Å². The number of hydrogen-bond acceptors (Lipinski definition) is 7. The van der Waals surface area contributed by atoms with Crippen LogP contribution in [0, 0.1) is 18.8 Å². The number of carbonyl (C=O) groups excluding carboxylic acids is 4. The van der Waals surface area contributed by atoms with E-state index in [1.54, 1.807) is 6.92 Å². The zero-order valence-electron chi connectivity index (χ0n) is 18.3. The van der Waals surface area contributed by atoms with Crippen molar-refractivity contribution in [2.24, 2.45) is 11.8 Å². The number of amides is 2. The highest BCUT2D eigenvalue weighted by atomic mass is 32.1. The number of rotatable bonds is 8. The third kappa shape index (κ3) is 5.64. The van der Waals surface area contributed by atoms with E-state index in [1.165, 1.54) is 11.3 Å². The highest BCUT2D eigenvalue weighted by Gasteiger charge is 2.36. The molecule has 9 heteroatoms. The first-order chi connectivity index (χ1) is 14.8. The monoisotopic (exact) mass is 450 g/mol. The maximum Gasteiger partial charge on any atom is 0.341 e. The van der Waals surface area contributed by atoms with E-state index in [-0.39, 0.29) is 24.3 Å². The standard InChI is InChI=1S/C22H30N2O6S/c1-4-16-13(3)31-19(18(16)22(28)29-5-2)23-17(25)12-30-21(27)15-8-10-24(11-9-15)20(26)14-6-7-14/h14-15H,4-12H2,1-3H3,(H,23,25). The summed E-state index contributed by atoms with van der Waals surface area (Å²) < 4.78 is 10.3. The summed E-state index contributed by atoms with van der Waals surface area (Å²) >= 11 is 1.31. The van der Waals surface area contributed by atoms with Gasteiger partial charge in [0.25, 0.3) is 5.91 Å². The van der Waals surface area contributed by atoms with Crippen LogP contribution in [-0.2, 0) is 30.3 Å². The number of nitrogens with one attached hydrogen (secondary N) is 1. The SMILES string of the molecule is CCOC(=O)c1c(NC(=O)COC(=O)C2CCN(C(=O)C3CC3)CC2)sc(C)c1CC. The van der Waals surface area contributed by atoms with Crippen LogP contribution in [0.1, 0.15) is 60.3 Å². The number of aryl methyl sites for hydroxylation is 1. The van der Waals surface area contributed by atoms with Gasteiger partial charge in [-0.25, -0.2) is 4.79 Å². The van der Waals surface area contributed by atoms with Crippen LogP contribution < -0.4 is 5.32 Å². The Morgan fingerprint density at radius 2 is 1.71 bits per heavy atom. The summed E-state index contributed by atoms with van der Waals surface area (Å²) in [7, 11) is 0. The number of hydrogen-bond donors (Lipinski definition) is 1. The smallest absolute Gasteiger partial charge is 0.341 e. The number of esters is 2. The first-order valence-corrected chi connectivity index (χ1v) is 11.7. The van der Waals surface area contributed by atoms with Crippen LogP contribution in [0.3, 0.4) is 0 Å². The summed E-state index contributed by atoms with van der Waals surface area (Å²) in [5.41, 5.74) is 1.22. The second-order valence-electron chi connectivity index (χ2n) is 7.94. The summed E-state index contributed by atoms with van der Waals surface area (Å²) in [4.78, 5) is 52.0. The van der Waals surface area contributed by atoms with Gasteiger partial charge in [0.2, 0.25) is 5.91 Å². The number of likely N-dealkylation sites (tertiary alicyclic amines) is 1. The van der Waals surface area contributed by atoms with E-state index in [4.69, 9.17) is 9.47 Å². The Kier molecular flexibility index (Phi) is 7.69. The lowest BCUT2D eigenvalue weighted by molar-refractivity contribution is -0.154. The molecule has 0 bridgehead atoms. The molecule has 0 unspecified atom stereocenters. The van der Waals surface area contributed by atoms with Gasteiger partial charge >= 0.3 is 11.9 Å². The average molecular weight is 451 g/mol. The van der Waals surface area contributed by atoms with Crippen LogP contribution >= 0.6 is 11.3 Å². The molecule has 0 spiro atoms. The number of anilines is 1. The summed E-state index contributed by atoms with van der Waals surface area (Å²) in [5.74, 6) is -1.31. The van der Waals surface area contributed by atoms with Gasteiger partial charge in [-0.3, -0.25) is 14.4 Å². The minimum absolute atomic E-state index is 0.181. The van der Waals surface area contributed by atoms with E-state index in [9.17, 15) is 19.2 Å². The van der Waals surface area contributed by atoms with E-state index in [1.807, 2.05) is 18.7 Å². The molecule has 1 aromatic rings. The van der Waals surface area contributed by atoms with Gasteiger partial charge in [0.15, 0.2) is 6.61 Å². The highest BCUT2D eigenvalue weighted by molar-refractivity contribution is 7.16. The summed E-state index contributed by atoms with van der Waals surface area (Å²) in [6, 6.07) is 0. The van der Waals surface area contributed by atoms with Crippen molar-refractivity contribution in [2.45, 2.75) is 52.9 Å². The van der Waals surface area contributed by atoms with Gasteiger partial charge < -0.3 is 19.7 Å². The Hall–Kier alpha value is -2.42. The lowest BCUT2D eigenvalue weighted by Gasteiger charge is -2.31. The molecule has 2 amide bonds. The molecule has 2 fully saturated rings. The topological polar surface area (TPSA) is 102 Å². The molecule has 2 heterocycles. The number of piperidine rings is 1. The van der Waals surface area contributed by atoms with Crippen molar-refractivity contribution in [1.82, 2.24) is 4.90 Å². The minimum atomic E-state index is -0.496. The van der Waals surface area contributed by atoms with Crippen molar-refractivity contribution in [3.8, 4) is 0 Å². The van der Waals surface area contributed by atoms with Crippen molar-refractivity contribution in [3.05, 3.63) is 16.0 Å². The van der Waals surface area contributed by atoms with Crippen LogP contribution in [0.5, 0.6) is 0 Å². The quantitative estimate of drug-likeness (QED) is 0.611. The van der Waals surface area contributed by atoms with Gasteiger partial charge in [0.05, 0.1) is 18.1 Å². The zero-order chi connectivity index (χ0) is 22.5. The van der Waals surface area contributed by atoms with Gasteiger partial charge in [0.1, 0.15) is 5.00 Å². The van der Waals surface area contributed by atoms with Crippen LogP contribution in [0.15, 0.2) is 0 Å². The van der Waals surface area contributed by atoms with Crippen LogP contribution in [-0.4, -0.2) is 55.0 Å². The predicted octanol–water partition coefficient (Wildman–Crippen LogP) is 2.93. The van der Waals surface area contributed by atoms with Crippen molar-refractivity contribution >= 4 is 40.1 Å². The first kappa shape index (κ1) is 23.2. The van der Waals surface area contributed by atoms with Gasteiger partial charge in [-0.05, 0) is 51.5 Å². The molecule has 1 aliphatic heterocycles. The lowest BCUT2D eigenvalue weighted by atomic mass is 9.97. The molecule has 1 aliphatic carbocycles. The Bertz CT molecular complexity index is 852. The third-order valence-electron chi connectivity index (χ3n) is 5.71. The largest absolute Gasteiger partial charge is 0.462 e. The van der Waals surface area contributed by atoms with Crippen molar-refractivity contribution in [2.75, 3.05) is 31.6 Å². The van der Waals surface area contributed by atoms with Crippen molar-refractivity contribution < 1.29 is 28.7 Å². The first-order valence-electron chi connectivity index (χ1n) is 10.9. The highest BCUT2D eigenvalue weighted by Crippen LogP contribution is 2.34. The molecule has 3 rings (SSSR count).